The van der Waals surface area contributed by atoms with E-state index in [-0.39, 0.29) is 18.2 Å². The second-order valence-electron chi connectivity index (χ2n) is 7.14. The lowest BCUT2D eigenvalue weighted by molar-refractivity contribution is -0.120. The fourth-order valence-corrected chi connectivity index (χ4v) is 3.67. The highest BCUT2D eigenvalue weighted by molar-refractivity contribution is 6.42. The fourth-order valence-electron chi connectivity index (χ4n) is 3.34. The molecule has 2 heterocycles. The third-order valence-electron chi connectivity index (χ3n) is 4.94. The van der Waals surface area contributed by atoms with E-state index < -0.39 is 5.91 Å². The second-order valence-corrected chi connectivity index (χ2v) is 7.96. The molecule has 0 radical (unpaired) electrons. The average molecular weight is 480 g/mol. The molecule has 33 heavy (non-hydrogen) atoms. The Morgan fingerprint density at radius 1 is 1.00 bits per heavy atom. The maximum Gasteiger partial charge on any atom is 0.302 e. The minimum absolute atomic E-state index is 0.153. The summed E-state index contributed by atoms with van der Waals surface area (Å²) in [4.78, 5) is 22.6. The minimum atomic E-state index is -0.588. The Balaban J connectivity index is 1.25. The van der Waals surface area contributed by atoms with E-state index in [4.69, 9.17) is 27.9 Å². The van der Waals surface area contributed by atoms with Crippen LogP contribution in [0.25, 0.3) is 33.3 Å². The topological polar surface area (TPSA) is 116 Å². The first-order valence-corrected chi connectivity index (χ1v) is 10.6. The van der Waals surface area contributed by atoms with Crippen molar-refractivity contribution >= 4 is 56.7 Å². The van der Waals surface area contributed by atoms with Crippen LogP contribution in [0.5, 0.6) is 11.6 Å². The van der Waals surface area contributed by atoms with Gasteiger partial charge in [0.2, 0.25) is 5.88 Å². The van der Waals surface area contributed by atoms with Crippen molar-refractivity contribution in [2.24, 2.45) is 10.2 Å². The highest BCUT2D eigenvalue weighted by Crippen LogP contribution is 2.35. The molecule has 0 bridgehead atoms. The number of hydrogen-bond donors (Lipinski definition) is 3. The number of aromatic amines is 2. The van der Waals surface area contributed by atoms with Crippen molar-refractivity contribution in [2.45, 2.75) is 0 Å². The molecule has 1 amide bonds. The number of imidazole rings is 1. The zero-order valence-electron chi connectivity index (χ0n) is 16.8. The zero-order chi connectivity index (χ0) is 22.9. The number of carbonyl (C=O) groups is 1. The molecule has 0 aliphatic rings. The van der Waals surface area contributed by atoms with E-state index in [0.717, 1.165) is 11.1 Å². The van der Waals surface area contributed by atoms with E-state index >= 15 is 0 Å². The SMILES string of the molecule is O=C(COc1ccc(-c2nc3cc(Cl)c(Cl)cc3[nH]2)cc1)N=Nc1c(O)[nH]c2ccccc12. The van der Waals surface area contributed by atoms with Crippen molar-refractivity contribution < 1.29 is 14.6 Å². The molecule has 10 heteroatoms. The number of aromatic nitrogens is 3. The Morgan fingerprint density at radius 3 is 2.58 bits per heavy atom. The number of halogens is 2. The van der Waals surface area contributed by atoms with Gasteiger partial charge in [0.25, 0.3) is 0 Å². The molecule has 2 aromatic heterocycles. The van der Waals surface area contributed by atoms with Gasteiger partial charge in [-0.25, -0.2) is 4.98 Å². The van der Waals surface area contributed by atoms with Gasteiger partial charge in [-0.2, -0.15) is 0 Å². The predicted octanol–water partition coefficient (Wildman–Crippen LogP) is 6.41. The summed E-state index contributed by atoms with van der Waals surface area (Å²) in [5.41, 5.74) is 3.21. The molecular formula is C23H15Cl2N5O3. The number of fused-ring (bicyclic) bond motifs is 2. The molecule has 0 atom stereocenters. The third-order valence-corrected chi connectivity index (χ3v) is 5.66. The highest BCUT2D eigenvalue weighted by atomic mass is 35.5. The van der Waals surface area contributed by atoms with Crippen LogP contribution in [-0.2, 0) is 4.79 Å². The third kappa shape index (κ3) is 4.26. The normalized spacial score (nSPS) is 11.6. The number of H-pyrrole nitrogens is 2. The van der Waals surface area contributed by atoms with E-state index in [0.29, 0.717) is 38.0 Å². The van der Waals surface area contributed by atoms with Crippen LogP contribution in [0, 0.1) is 0 Å². The van der Waals surface area contributed by atoms with Crippen LogP contribution in [0.15, 0.2) is 70.9 Å². The number of amides is 1. The maximum atomic E-state index is 12.1. The number of carbonyl (C=O) groups excluding carboxylic acids is 1. The number of rotatable bonds is 5. The van der Waals surface area contributed by atoms with Gasteiger partial charge in [-0.1, -0.05) is 41.4 Å². The van der Waals surface area contributed by atoms with Gasteiger partial charge in [-0.3, -0.25) is 4.79 Å². The molecule has 0 unspecified atom stereocenters. The number of ether oxygens (including phenoxy) is 1. The van der Waals surface area contributed by atoms with Crippen LogP contribution >= 0.6 is 23.2 Å². The zero-order valence-corrected chi connectivity index (χ0v) is 18.4. The van der Waals surface area contributed by atoms with E-state index in [1.165, 1.54) is 0 Å². The van der Waals surface area contributed by atoms with E-state index in [9.17, 15) is 9.90 Å². The Labute approximate surface area is 196 Å². The summed E-state index contributed by atoms with van der Waals surface area (Å²) >= 11 is 12.1. The lowest BCUT2D eigenvalue weighted by Gasteiger charge is -2.04. The minimum Gasteiger partial charge on any atom is -0.493 e. The molecule has 5 rings (SSSR count). The van der Waals surface area contributed by atoms with Crippen LogP contribution in [0.1, 0.15) is 0 Å². The number of azo groups is 1. The Kier molecular flexibility index (Phi) is 5.45. The predicted molar refractivity (Wildman–Crippen MR) is 127 cm³/mol. The van der Waals surface area contributed by atoms with Crippen molar-refractivity contribution in [3.63, 3.8) is 0 Å². The Bertz CT molecular complexity index is 1480. The second kappa shape index (κ2) is 8.57. The van der Waals surface area contributed by atoms with Crippen LogP contribution in [0.3, 0.4) is 0 Å². The van der Waals surface area contributed by atoms with Crippen molar-refractivity contribution in [3.8, 4) is 23.0 Å². The number of hydrogen-bond acceptors (Lipinski definition) is 5. The summed E-state index contributed by atoms with van der Waals surface area (Å²) in [6, 6.07) is 17.7. The fraction of sp³-hybridized carbons (Fsp3) is 0.0435. The molecule has 0 saturated heterocycles. The summed E-state index contributed by atoms with van der Waals surface area (Å²) in [6.45, 7) is -0.298. The number of nitrogens with one attached hydrogen (secondary N) is 2. The first-order valence-electron chi connectivity index (χ1n) is 9.80. The van der Waals surface area contributed by atoms with Gasteiger partial charge in [0, 0.05) is 10.9 Å². The molecule has 0 aliphatic heterocycles. The van der Waals surface area contributed by atoms with Gasteiger partial charge in [0.15, 0.2) is 12.3 Å². The molecule has 0 saturated carbocycles. The monoisotopic (exact) mass is 479 g/mol. The number of nitrogens with zero attached hydrogens (tertiary/aromatic N) is 3. The van der Waals surface area contributed by atoms with Crippen molar-refractivity contribution in [2.75, 3.05) is 6.61 Å². The molecule has 5 aromatic rings. The smallest absolute Gasteiger partial charge is 0.302 e. The summed E-state index contributed by atoms with van der Waals surface area (Å²) in [6.07, 6.45) is 0. The van der Waals surface area contributed by atoms with Crippen LogP contribution in [-0.4, -0.2) is 32.6 Å². The average Bonchev–Trinajstić information content (AvgIpc) is 3.36. The largest absolute Gasteiger partial charge is 0.493 e. The molecule has 0 aliphatic carbocycles. The van der Waals surface area contributed by atoms with E-state index in [1.54, 1.807) is 42.5 Å². The van der Waals surface area contributed by atoms with Gasteiger partial charge in [-0.15, -0.1) is 10.2 Å². The van der Waals surface area contributed by atoms with Crippen LogP contribution in [0.4, 0.5) is 5.69 Å². The number of aromatic hydroxyl groups is 1. The van der Waals surface area contributed by atoms with Gasteiger partial charge < -0.3 is 19.8 Å². The molecular weight excluding hydrogens is 465 g/mol. The first-order chi connectivity index (χ1) is 16.0. The lowest BCUT2D eigenvalue weighted by Crippen LogP contribution is -2.07. The number of para-hydroxylation sites is 1. The molecule has 3 N–H and O–H groups in total. The van der Waals surface area contributed by atoms with Crippen molar-refractivity contribution in [1.82, 2.24) is 15.0 Å². The Morgan fingerprint density at radius 2 is 1.76 bits per heavy atom. The highest BCUT2D eigenvalue weighted by Gasteiger charge is 2.11. The number of benzene rings is 3. The molecule has 0 fully saturated rings. The van der Waals surface area contributed by atoms with Crippen molar-refractivity contribution in [1.29, 1.82) is 0 Å². The standard InChI is InChI=1S/C23H15Cl2N5O3/c24-15-9-18-19(10-16(15)25)27-22(26-18)12-5-7-13(8-6-12)33-11-20(31)29-30-21-14-3-1-2-4-17(14)28-23(21)32/h1-10,28,32H,11H2,(H,26,27). The lowest BCUT2D eigenvalue weighted by atomic mass is 10.2. The van der Waals surface area contributed by atoms with Crippen LogP contribution < -0.4 is 4.74 Å². The molecule has 3 aromatic carbocycles. The molecule has 8 nitrogen and oxygen atoms in total. The van der Waals surface area contributed by atoms with Gasteiger partial charge >= 0.3 is 5.91 Å². The quantitative estimate of drug-likeness (QED) is 0.252. The summed E-state index contributed by atoms with van der Waals surface area (Å²) in [5, 5.41) is 19.0. The Hall–Kier alpha value is -3.88. The van der Waals surface area contributed by atoms with Crippen molar-refractivity contribution in [3.05, 3.63) is 70.7 Å². The van der Waals surface area contributed by atoms with Gasteiger partial charge in [0.05, 0.1) is 26.6 Å². The molecule has 0 spiro atoms. The maximum absolute atomic E-state index is 12.1. The summed E-state index contributed by atoms with van der Waals surface area (Å²) in [7, 11) is 0. The summed E-state index contributed by atoms with van der Waals surface area (Å²) < 4.78 is 5.50. The first kappa shape index (κ1) is 21.0. The van der Waals surface area contributed by atoms with Gasteiger partial charge in [0.1, 0.15) is 11.6 Å². The van der Waals surface area contributed by atoms with Crippen LogP contribution in [0.2, 0.25) is 10.0 Å². The van der Waals surface area contributed by atoms with Gasteiger partial charge in [-0.05, 0) is 42.5 Å². The summed E-state index contributed by atoms with van der Waals surface area (Å²) in [5.74, 6) is 0.395. The molecule has 164 valence electrons. The van der Waals surface area contributed by atoms with E-state index in [1.807, 2.05) is 18.2 Å². The van der Waals surface area contributed by atoms with E-state index in [2.05, 4.69) is 25.2 Å².